The van der Waals surface area contributed by atoms with Gasteiger partial charge in [-0.2, -0.15) is 0 Å². The van der Waals surface area contributed by atoms with Crippen molar-refractivity contribution in [2.45, 2.75) is 19.8 Å². The fourth-order valence-corrected chi connectivity index (χ4v) is 4.05. The predicted molar refractivity (Wildman–Crippen MR) is 131 cm³/mol. The van der Waals surface area contributed by atoms with E-state index < -0.39 is 36.3 Å². The lowest BCUT2D eigenvalue weighted by Crippen LogP contribution is -2.41. The van der Waals surface area contributed by atoms with Gasteiger partial charge in [0, 0.05) is 29.5 Å². The predicted octanol–water partition coefficient (Wildman–Crippen LogP) is 3.57. The molecule has 1 aliphatic heterocycles. The molecule has 0 spiro atoms. The molecule has 1 heterocycles. The second-order valence-electron chi connectivity index (χ2n) is 8.05. The SMILES string of the molecule is CCOC(=O)c1ccccc1NC(=O)COC(=O)CCCN1C(=O)c2cccc3cccc(c23)C1=O. The van der Waals surface area contributed by atoms with Crippen molar-refractivity contribution >= 4 is 46.1 Å². The van der Waals surface area contributed by atoms with Crippen LogP contribution in [0.5, 0.6) is 0 Å². The van der Waals surface area contributed by atoms with Crippen LogP contribution in [0.1, 0.15) is 50.8 Å². The number of carbonyl (C=O) groups is 5. The number of carbonyl (C=O) groups excluding carboxylic acids is 5. The Kier molecular flexibility index (Phi) is 7.39. The second kappa shape index (κ2) is 10.8. The molecule has 0 unspecified atom stereocenters. The van der Waals surface area contributed by atoms with Gasteiger partial charge in [-0.1, -0.05) is 36.4 Å². The monoisotopic (exact) mass is 488 g/mol. The molecule has 9 heteroatoms. The Bertz CT molecular complexity index is 1310. The molecule has 0 aromatic heterocycles. The molecular weight excluding hydrogens is 464 g/mol. The van der Waals surface area contributed by atoms with E-state index in [1.807, 2.05) is 12.1 Å². The third-order valence-electron chi connectivity index (χ3n) is 5.68. The summed E-state index contributed by atoms with van der Waals surface area (Å²) in [6.07, 6.45) is 0.0946. The summed E-state index contributed by atoms with van der Waals surface area (Å²) in [4.78, 5) is 63.3. The second-order valence-corrected chi connectivity index (χ2v) is 8.05. The van der Waals surface area contributed by atoms with Gasteiger partial charge in [0.05, 0.1) is 17.9 Å². The summed E-state index contributed by atoms with van der Waals surface area (Å²) >= 11 is 0. The lowest BCUT2D eigenvalue weighted by molar-refractivity contribution is -0.147. The van der Waals surface area contributed by atoms with Crippen LogP contribution in [0.3, 0.4) is 0 Å². The zero-order chi connectivity index (χ0) is 25.7. The first-order valence-electron chi connectivity index (χ1n) is 11.5. The van der Waals surface area contributed by atoms with E-state index in [0.29, 0.717) is 16.5 Å². The number of nitrogens with zero attached hydrogens (tertiary/aromatic N) is 1. The highest BCUT2D eigenvalue weighted by molar-refractivity contribution is 6.25. The number of benzene rings is 3. The summed E-state index contributed by atoms with van der Waals surface area (Å²) in [5.74, 6) is -2.66. The number of para-hydroxylation sites is 1. The molecule has 3 aromatic rings. The van der Waals surface area contributed by atoms with E-state index in [9.17, 15) is 24.0 Å². The quantitative estimate of drug-likeness (QED) is 0.361. The summed E-state index contributed by atoms with van der Waals surface area (Å²) in [6, 6.07) is 16.9. The van der Waals surface area contributed by atoms with Gasteiger partial charge in [-0.3, -0.25) is 24.1 Å². The maximum atomic E-state index is 12.9. The van der Waals surface area contributed by atoms with E-state index in [1.165, 1.54) is 12.1 Å². The van der Waals surface area contributed by atoms with Crippen molar-refractivity contribution in [1.82, 2.24) is 4.90 Å². The number of hydrogen-bond donors (Lipinski definition) is 1. The smallest absolute Gasteiger partial charge is 0.340 e. The third-order valence-corrected chi connectivity index (χ3v) is 5.68. The molecule has 4 rings (SSSR count). The van der Waals surface area contributed by atoms with Crippen molar-refractivity contribution < 1.29 is 33.4 Å². The number of esters is 2. The average Bonchev–Trinajstić information content (AvgIpc) is 2.88. The summed E-state index contributed by atoms with van der Waals surface area (Å²) in [5, 5.41) is 3.99. The lowest BCUT2D eigenvalue weighted by Gasteiger charge is -2.27. The Labute approximate surface area is 207 Å². The molecule has 0 radical (unpaired) electrons. The van der Waals surface area contributed by atoms with Crippen molar-refractivity contribution in [2.24, 2.45) is 0 Å². The number of rotatable bonds is 9. The van der Waals surface area contributed by atoms with Gasteiger partial charge in [-0.05, 0) is 43.0 Å². The van der Waals surface area contributed by atoms with Gasteiger partial charge in [-0.25, -0.2) is 4.79 Å². The highest BCUT2D eigenvalue weighted by Crippen LogP contribution is 2.30. The number of ether oxygens (including phenoxy) is 2. The van der Waals surface area contributed by atoms with Crippen LogP contribution in [0.25, 0.3) is 10.8 Å². The van der Waals surface area contributed by atoms with Gasteiger partial charge in [0.25, 0.3) is 17.7 Å². The average molecular weight is 488 g/mol. The molecule has 0 saturated carbocycles. The molecule has 3 amide bonds. The molecule has 184 valence electrons. The van der Waals surface area contributed by atoms with Crippen LogP contribution >= 0.6 is 0 Å². The minimum atomic E-state index is -0.650. The van der Waals surface area contributed by atoms with Crippen LogP contribution in [0, 0.1) is 0 Å². The van der Waals surface area contributed by atoms with Gasteiger partial charge in [-0.15, -0.1) is 0 Å². The molecule has 0 saturated heterocycles. The Morgan fingerprint density at radius 2 is 1.53 bits per heavy atom. The number of amides is 3. The third kappa shape index (κ3) is 5.10. The maximum absolute atomic E-state index is 12.9. The topological polar surface area (TPSA) is 119 Å². The van der Waals surface area contributed by atoms with E-state index in [0.717, 1.165) is 10.3 Å². The maximum Gasteiger partial charge on any atom is 0.340 e. The molecule has 1 N–H and O–H groups in total. The standard InChI is InChI=1S/C27H24N2O7/c1-2-35-27(34)18-10-3-4-13-21(18)28-22(30)16-36-23(31)14-7-15-29-25(32)19-11-5-8-17-9-6-12-20(24(17)19)26(29)33/h3-6,8-13H,2,7,14-16H2,1H3,(H,28,30). The van der Waals surface area contributed by atoms with Crippen molar-refractivity contribution in [1.29, 1.82) is 0 Å². The summed E-state index contributed by atoms with van der Waals surface area (Å²) in [5.41, 5.74) is 1.33. The first kappa shape index (κ1) is 24.6. The van der Waals surface area contributed by atoms with Gasteiger partial charge >= 0.3 is 11.9 Å². The van der Waals surface area contributed by atoms with E-state index in [-0.39, 0.29) is 37.2 Å². The van der Waals surface area contributed by atoms with E-state index in [4.69, 9.17) is 9.47 Å². The van der Waals surface area contributed by atoms with Crippen LogP contribution in [0.15, 0.2) is 60.7 Å². The summed E-state index contributed by atoms with van der Waals surface area (Å²) < 4.78 is 9.98. The largest absolute Gasteiger partial charge is 0.462 e. The number of anilines is 1. The van der Waals surface area contributed by atoms with Crippen molar-refractivity contribution in [2.75, 3.05) is 25.1 Å². The minimum absolute atomic E-state index is 0.0383. The van der Waals surface area contributed by atoms with E-state index >= 15 is 0 Å². The highest BCUT2D eigenvalue weighted by atomic mass is 16.5. The molecule has 1 aliphatic rings. The molecular formula is C27H24N2O7. The van der Waals surface area contributed by atoms with Gasteiger partial charge in [0.1, 0.15) is 0 Å². The molecule has 0 aliphatic carbocycles. The zero-order valence-corrected chi connectivity index (χ0v) is 19.6. The Hall–Kier alpha value is -4.53. The first-order chi connectivity index (χ1) is 17.4. The molecule has 3 aromatic carbocycles. The molecule has 9 nitrogen and oxygen atoms in total. The normalized spacial score (nSPS) is 12.4. The van der Waals surface area contributed by atoms with Gasteiger partial charge in [0.2, 0.25) is 0 Å². The minimum Gasteiger partial charge on any atom is -0.462 e. The fourth-order valence-electron chi connectivity index (χ4n) is 4.05. The van der Waals surface area contributed by atoms with Crippen LogP contribution in [-0.2, 0) is 19.1 Å². The number of nitrogens with one attached hydrogen (secondary N) is 1. The molecule has 0 fully saturated rings. The number of hydrogen-bond acceptors (Lipinski definition) is 7. The van der Waals surface area contributed by atoms with E-state index in [2.05, 4.69) is 5.32 Å². The van der Waals surface area contributed by atoms with Gasteiger partial charge < -0.3 is 14.8 Å². The van der Waals surface area contributed by atoms with Crippen LogP contribution in [-0.4, -0.2) is 54.3 Å². The Morgan fingerprint density at radius 1 is 0.861 bits per heavy atom. The van der Waals surface area contributed by atoms with Gasteiger partial charge in [0.15, 0.2) is 6.61 Å². The Morgan fingerprint density at radius 3 is 2.19 bits per heavy atom. The van der Waals surface area contributed by atoms with Crippen molar-refractivity contribution in [3.8, 4) is 0 Å². The highest BCUT2D eigenvalue weighted by Gasteiger charge is 2.32. The molecule has 0 bridgehead atoms. The first-order valence-corrected chi connectivity index (χ1v) is 11.5. The van der Waals surface area contributed by atoms with Crippen LogP contribution < -0.4 is 5.32 Å². The van der Waals surface area contributed by atoms with Crippen molar-refractivity contribution in [3.05, 3.63) is 77.4 Å². The van der Waals surface area contributed by atoms with Crippen LogP contribution in [0.4, 0.5) is 5.69 Å². The fraction of sp³-hybridized carbons (Fsp3) is 0.222. The van der Waals surface area contributed by atoms with Crippen LogP contribution in [0.2, 0.25) is 0 Å². The summed E-state index contributed by atoms with van der Waals surface area (Å²) in [7, 11) is 0. The Balaban J connectivity index is 1.28. The number of imide groups is 1. The summed E-state index contributed by atoms with van der Waals surface area (Å²) in [6.45, 7) is 1.36. The zero-order valence-electron chi connectivity index (χ0n) is 19.6. The lowest BCUT2D eigenvalue weighted by atomic mass is 9.94. The molecule has 36 heavy (non-hydrogen) atoms. The molecule has 0 atom stereocenters. The van der Waals surface area contributed by atoms with E-state index in [1.54, 1.807) is 43.3 Å². The van der Waals surface area contributed by atoms with Crippen molar-refractivity contribution in [3.63, 3.8) is 0 Å².